The Morgan fingerprint density at radius 1 is 0.900 bits per heavy atom. The van der Waals surface area contributed by atoms with E-state index >= 15 is 0 Å². The van der Waals surface area contributed by atoms with Crippen LogP contribution < -0.4 is 5.56 Å². The Bertz CT molecular complexity index is 847. The van der Waals surface area contributed by atoms with Gasteiger partial charge in [-0.25, -0.2) is 13.2 Å². The van der Waals surface area contributed by atoms with Crippen molar-refractivity contribution in [3.8, 4) is 11.1 Å². The van der Waals surface area contributed by atoms with Crippen molar-refractivity contribution in [1.29, 1.82) is 0 Å². The molecule has 20 heavy (non-hydrogen) atoms. The molecule has 2 aromatic carbocycles. The van der Waals surface area contributed by atoms with E-state index in [4.69, 9.17) is 0 Å². The van der Waals surface area contributed by atoms with Gasteiger partial charge in [-0.05, 0) is 29.1 Å². The molecule has 0 atom stereocenters. The number of aromatic nitrogens is 1. The Hall–Kier alpha value is -2.56. The molecule has 1 N–H and O–H groups in total. The van der Waals surface area contributed by atoms with Gasteiger partial charge in [-0.1, -0.05) is 18.2 Å². The zero-order valence-electron chi connectivity index (χ0n) is 10.1. The molecule has 0 fully saturated rings. The van der Waals surface area contributed by atoms with E-state index in [-0.39, 0.29) is 11.1 Å². The number of fused-ring (bicyclic) bond motifs is 1. The summed E-state index contributed by atoms with van der Waals surface area (Å²) in [5.41, 5.74) is 0.291. The summed E-state index contributed by atoms with van der Waals surface area (Å²) in [7, 11) is 0. The molecule has 0 spiro atoms. The van der Waals surface area contributed by atoms with Crippen LogP contribution in [0.1, 0.15) is 0 Å². The summed E-state index contributed by atoms with van der Waals surface area (Å²) in [6.07, 6.45) is 1.36. The summed E-state index contributed by atoms with van der Waals surface area (Å²) in [6.45, 7) is 0. The van der Waals surface area contributed by atoms with Crippen molar-refractivity contribution in [3.05, 3.63) is 70.4 Å². The first kappa shape index (κ1) is 12.5. The van der Waals surface area contributed by atoms with Gasteiger partial charge < -0.3 is 4.98 Å². The second-order valence-corrected chi connectivity index (χ2v) is 4.33. The second kappa shape index (κ2) is 4.52. The number of hydrogen-bond acceptors (Lipinski definition) is 1. The Labute approximate surface area is 111 Å². The lowest BCUT2D eigenvalue weighted by atomic mass is 10.0. The zero-order chi connectivity index (χ0) is 14.3. The summed E-state index contributed by atoms with van der Waals surface area (Å²) in [6, 6.07) is 8.47. The molecule has 0 saturated carbocycles. The Morgan fingerprint density at radius 2 is 1.50 bits per heavy atom. The maximum absolute atomic E-state index is 13.3. The van der Waals surface area contributed by atoms with Crippen LogP contribution in [-0.2, 0) is 0 Å². The number of aromatic amines is 1. The van der Waals surface area contributed by atoms with Crippen molar-refractivity contribution in [2.45, 2.75) is 0 Å². The number of rotatable bonds is 1. The van der Waals surface area contributed by atoms with Gasteiger partial charge in [0.15, 0.2) is 17.5 Å². The maximum atomic E-state index is 13.3. The second-order valence-electron chi connectivity index (χ2n) is 4.33. The van der Waals surface area contributed by atoms with Gasteiger partial charge in [0.05, 0.1) is 0 Å². The fourth-order valence-corrected chi connectivity index (χ4v) is 2.16. The lowest BCUT2D eigenvalue weighted by Gasteiger charge is -2.07. The molecule has 3 aromatic rings. The molecule has 0 aliphatic carbocycles. The van der Waals surface area contributed by atoms with Gasteiger partial charge >= 0.3 is 0 Å². The van der Waals surface area contributed by atoms with Gasteiger partial charge in [0, 0.05) is 17.1 Å². The number of H-pyrrole nitrogens is 1. The number of hydrogen-bond donors (Lipinski definition) is 1. The molecule has 0 saturated heterocycles. The SMILES string of the molecule is O=c1[nH]cc(-c2cc(F)c(F)c(F)c2)c2ccccc12. The van der Waals surface area contributed by atoms with E-state index in [0.29, 0.717) is 16.3 Å². The average Bonchev–Trinajstić information content (AvgIpc) is 2.45. The molecule has 100 valence electrons. The molecule has 0 radical (unpaired) electrons. The van der Waals surface area contributed by atoms with E-state index in [1.54, 1.807) is 24.3 Å². The normalized spacial score (nSPS) is 10.9. The fourth-order valence-electron chi connectivity index (χ4n) is 2.16. The summed E-state index contributed by atoms with van der Waals surface area (Å²) in [4.78, 5) is 14.2. The van der Waals surface area contributed by atoms with Crippen LogP contribution >= 0.6 is 0 Å². The molecule has 1 heterocycles. The summed E-state index contributed by atoms with van der Waals surface area (Å²) in [5.74, 6) is -4.05. The molecule has 0 unspecified atom stereocenters. The van der Waals surface area contributed by atoms with Crippen LogP contribution in [0.5, 0.6) is 0 Å². The minimum atomic E-state index is -1.51. The standard InChI is InChI=1S/C15H8F3NO/c16-12-5-8(6-13(17)14(12)18)11-7-19-15(20)10-4-2-1-3-9(10)11/h1-7H,(H,19,20). The first-order valence-corrected chi connectivity index (χ1v) is 5.83. The predicted octanol–water partition coefficient (Wildman–Crippen LogP) is 3.61. The minimum absolute atomic E-state index is 0.161. The molecule has 0 amide bonds. The van der Waals surface area contributed by atoms with Crippen molar-refractivity contribution < 1.29 is 13.2 Å². The van der Waals surface area contributed by atoms with Crippen molar-refractivity contribution in [1.82, 2.24) is 4.98 Å². The molecule has 0 aliphatic rings. The lowest BCUT2D eigenvalue weighted by Crippen LogP contribution is -2.05. The molecule has 0 bridgehead atoms. The Balaban J connectivity index is 2.36. The molecule has 3 rings (SSSR count). The highest BCUT2D eigenvalue weighted by Gasteiger charge is 2.13. The predicted molar refractivity (Wildman–Crippen MR) is 69.9 cm³/mol. The van der Waals surface area contributed by atoms with E-state index in [9.17, 15) is 18.0 Å². The van der Waals surface area contributed by atoms with Crippen LogP contribution in [0.15, 0.2) is 47.4 Å². The van der Waals surface area contributed by atoms with Gasteiger partial charge in [0.2, 0.25) is 0 Å². The van der Waals surface area contributed by atoms with Crippen LogP contribution in [0.3, 0.4) is 0 Å². The van der Waals surface area contributed by atoms with Crippen molar-refractivity contribution >= 4 is 10.8 Å². The summed E-state index contributed by atoms with van der Waals surface area (Å²) in [5, 5.41) is 0.941. The summed E-state index contributed by atoms with van der Waals surface area (Å²) >= 11 is 0. The van der Waals surface area contributed by atoms with Crippen molar-refractivity contribution in [3.63, 3.8) is 0 Å². The van der Waals surface area contributed by atoms with E-state index < -0.39 is 17.5 Å². The Kier molecular flexibility index (Phi) is 2.82. The lowest BCUT2D eigenvalue weighted by molar-refractivity contribution is 0.448. The highest BCUT2D eigenvalue weighted by Crippen LogP contribution is 2.28. The number of pyridine rings is 1. The highest BCUT2D eigenvalue weighted by molar-refractivity contribution is 5.95. The van der Waals surface area contributed by atoms with Gasteiger partial charge in [0.25, 0.3) is 5.56 Å². The third-order valence-electron chi connectivity index (χ3n) is 3.10. The minimum Gasteiger partial charge on any atom is -0.328 e. The maximum Gasteiger partial charge on any atom is 0.255 e. The molecule has 2 nitrogen and oxygen atoms in total. The van der Waals surface area contributed by atoms with Gasteiger partial charge in [0.1, 0.15) is 0 Å². The van der Waals surface area contributed by atoms with Crippen molar-refractivity contribution in [2.75, 3.05) is 0 Å². The van der Waals surface area contributed by atoms with E-state index in [0.717, 1.165) is 12.1 Å². The first-order valence-electron chi connectivity index (χ1n) is 5.83. The third-order valence-corrected chi connectivity index (χ3v) is 3.10. The van der Waals surface area contributed by atoms with Gasteiger partial charge in [-0.15, -0.1) is 0 Å². The Morgan fingerprint density at radius 3 is 2.15 bits per heavy atom. The highest BCUT2D eigenvalue weighted by atomic mass is 19.2. The molecular formula is C15H8F3NO. The first-order chi connectivity index (χ1) is 9.58. The van der Waals surface area contributed by atoms with Crippen LogP contribution in [0.4, 0.5) is 13.2 Å². The average molecular weight is 275 g/mol. The number of halogens is 3. The molecule has 5 heteroatoms. The molecular weight excluding hydrogens is 267 g/mol. The van der Waals surface area contributed by atoms with Crippen LogP contribution in [-0.4, -0.2) is 4.98 Å². The number of nitrogens with one attached hydrogen (secondary N) is 1. The van der Waals surface area contributed by atoms with Crippen LogP contribution in [0, 0.1) is 17.5 Å². The smallest absolute Gasteiger partial charge is 0.255 e. The van der Waals surface area contributed by atoms with Gasteiger partial charge in [-0.3, -0.25) is 4.79 Å². The number of benzene rings is 2. The zero-order valence-corrected chi connectivity index (χ0v) is 10.1. The quantitative estimate of drug-likeness (QED) is 0.676. The third kappa shape index (κ3) is 1.87. The molecule has 0 aliphatic heterocycles. The fraction of sp³-hybridized carbons (Fsp3) is 0. The van der Waals surface area contributed by atoms with E-state index in [1.165, 1.54) is 6.20 Å². The van der Waals surface area contributed by atoms with Crippen molar-refractivity contribution in [2.24, 2.45) is 0 Å². The van der Waals surface area contributed by atoms with E-state index in [1.807, 2.05) is 0 Å². The summed E-state index contributed by atoms with van der Waals surface area (Å²) < 4.78 is 39.6. The molecule has 1 aromatic heterocycles. The van der Waals surface area contributed by atoms with Crippen LogP contribution in [0.2, 0.25) is 0 Å². The van der Waals surface area contributed by atoms with E-state index in [2.05, 4.69) is 4.98 Å². The van der Waals surface area contributed by atoms with Crippen LogP contribution in [0.25, 0.3) is 21.9 Å². The topological polar surface area (TPSA) is 32.9 Å². The monoisotopic (exact) mass is 275 g/mol. The largest absolute Gasteiger partial charge is 0.328 e. The van der Waals surface area contributed by atoms with Gasteiger partial charge in [-0.2, -0.15) is 0 Å².